The summed E-state index contributed by atoms with van der Waals surface area (Å²) >= 11 is 0. The minimum Gasteiger partial charge on any atom is -0.400 e. The Labute approximate surface area is 283 Å². The van der Waals surface area contributed by atoms with Crippen LogP contribution in [0.4, 0.5) is 10.1 Å². The van der Waals surface area contributed by atoms with E-state index in [2.05, 4.69) is 32.3 Å². The summed E-state index contributed by atoms with van der Waals surface area (Å²) in [5.41, 5.74) is 5.33. The number of anilines is 1. The molecule has 0 bridgehead atoms. The van der Waals surface area contributed by atoms with Gasteiger partial charge in [-0.05, 0) is 111 Å². The molecule has 0 aliphatic rings. The molecule has 1 aromatic carbocycles. The van der Waals surface area contributed by atoms with E-state index in [1.54, 1.807) is 17.9 Å². The van der Waals surface area contributed by atoms with E-state index in [4.69, 9.17) is 15.3 Å². The van der Waals surface area contributed by atoms with E-state index in [1.807, 2.05) is 75.7 Å². The van der Waals surface area contributed by atoms with Crippen LogP contribution >= 0.6 is 0 Å². The first-order valence-corrected chi connectivity index (χ1v) is 15.6. The fourth-order valence-corrected chi connectivity index (χ4v) is 3.04. The lowest BCUT2D eigenvalue weighted by Crippen LogP contribution is -2.29. The number of aromatic nitrogens is 1. The van der Waals surface area contributed by atoms with Crippen LogP contribution in [0, 0.1) is 19.7 Å². The number of benzene rings is 1. The van der Waals surface area contributed by atoms with Gasteiger partial charge in [-0.25, -0.2) is 4.39 Å². The molecule has 2 rings (SSSR count). The van der Waals surface area contributed by atoms with E-state index in [1.165, 1.54) is 12.1 Å². The zero-order valence-corrected chi connectivity index (χ0v) is 30.8. The lowest BCUT2D eigenvalue weighted by atomic mass is 10.0. The minimum absolute atomic E-state index is 0.0810. The molecule has 1 atom stereocenters. The SMILES string of the molecule is C/C(=C\c1[nH]c(C)cc1C)c1cc(F)ccc1NC=O.CC.CC(O)CCO.CCN(C=O)CCNC.CCNC=O.CNC.CO. The number of rotatable bonds is 13. The molecule has 0 aliphatic heterocycles. The Hall–Kier alpha value is -3.62. The quantitative estimate of drug-likeness (QED) is 0.149. The summed E-state index contributed by atoms with van der Waals surface area (Å²) in [4.78, 5) is 35.0. The summed E-state index contributed by atoms with van der Waals surface area (Å²) < 4.78 is 13.4. The Morgan fingerprint density at radius 1 is 1.04 bits per heavy atom. The number of aryl methyl sites for hydroxylation is 2. The van der Waals surface area contributed by atoms with Crippen molar-refractivity contribution in [3.63, 3.8) is 0 Å². The molecule has 0 radical (unpaired) electrons. The predicted molar refractivity (Wildman–Crippen MR) is 195 cm³/mol. The van der Waals surface area contributed by atoms with Crippen LogP contribution < -0.4 is 21.3 Å². The van der Waals surface area contributed by atoms with Gasteiger partial charge in [0.25, 0.3) is 0 Å². The van der Waals surface area contributed by atoms with Gasteiger partial charge in [0.15, 0.2) is 0 Å². The van der Waals surface area contributed by atoms with Crippen molar-refractivity contribution < 1.29 is 34.1 Å². The van der Waals surface area contributed by atoms with E-state index in [9.17, 15) is 18.8 Å². The predicted octanol–water partition coefficient (Wildman–Crippen LogP) is 3.56. The molecule has 3 amide bonds. The largest absolute Gasteiger partial charge is 0.400 e. The number of hydrogen-bond acceptors (Lipinski definition) is 8. The number of carbonyl (C=O) groups excluding carboxylic acids is 3. The molecule has 47 heavy (non-hydrogen) atoms. The molecular weight excluding hydrogens is 607 g/mol. The van der Waals surface area contributed by atoms with Crippen LogP contribution in [-0.2, 0) is 14.4 Å². The minimum atomic E-state index is -0.352. The van der Waals surface area contributed by atoms with Crippen LogP contribution in [-0.4, -0.2) is 112 Å². The number of nitrogens with zero attached hydrogens (tertiary/aromatic N) is 1. The van der Waals surface area contributed by atoms with Gasteiger partial charge in [0.2, 0.25) is 19.2 Å². The number of amides is 3. The van der Waals surface area contributed by atoms with Gasteiger partial charge >= 0.3 is 0 Å². The van der Waals surface area contributed by atoms with Crippen LogP contribution in [0.5, 0.6) is 0 Å². The van der Waals surface area contributed by atoms with E-state index in [0.717, 1.165) is 62.2 Å². The summed E-state index contributed by atoms with van der Waals surface area (Å²) in [6, 6.07) is 6.36. The van der Waals surface area contributed by atoms with Crippen LogP contribution in [0.15, 0.2) is 24.3 Å². The number of aliphatic hydroxyl groups is 3. The van der Waals surface area contributed by atoms with E-state index < -0.39 is 0 Å². The van der Waals surface area contributed by atoms with Crippen LogP contribution in [0.2, 0.25) is 0 Å². The summed E-state index contributed by atoms with van der Waals surface area (Å²) in [5, 5.41) is 34.2. The molecule has 12 nitrogen and oxygen atoms in total. The second-order valence-electron chi connectivity index (χ2n) is 9.20. The lowest BCUT2D eigenvalue weighted by molar-refractivity contribution is -0.118. The number of likely N-dealkylation sites (N-methyl/N-ethyl adjacent to an activating group) is 2. The smallest absolute Gasteiger partial charge is 0.211 e. The van der Waals surface area contributed by atoms with Crippen molar-refractivity contribution in [2.75, 3.05) is 66.4 Å². The van der Waals surface area contributed by atoms with Gasteiger partial charge in [-0.3, -0.25) is 14.4 Å². The number of H-pyrrole nitrogens is 1. The summed E-state index contributed by atoms with van der Waals surface area (Å²) in [7, 11) is 6.62. The van der Waals surface area contributed by atoms with Crippen molar-refractivity contribution >= 4 is 36.6 Å². The number of nitrogens with one attached hydrogen (secondary N) is 5. The monoisotopic (exact) mass is 672 g/mol. The van der Waals surface area contributed by atoms with Crippen molar-refractivity contribution in [3.05, 3.63) is 52.6 Å². The maximum atomic E-state index is 13.4. The van der Waals surface area contributed by atoms with E-state index in [0.29, 0.717) is 30.5 Å². The number of aromatic amines is 1. The number of allylic oxidation sites excluding steroid dienone is 1. The summed E-state index contributed by atoms with van der Waals surface area (Å²) in [5.74, 6) is -0.330. The third-order valence-corrected chi connectivity index (χ3v) is 5.21. The Balaban J connectivity index is -0.000000181. The zero-order chi connectivity index (χ0) is 37.6. The Morgan fingerprint density at radius 2 is 1.62 bits per heavy atom. The normalized spacial score (nSPS) is 9.83. The first kappa shape index (κ1) is 52.9. The topological polar surface area (TPSA) is 179 Å². The van der Waals surface area contributed by atoms with Crippen molar-refractivity contribution in [1.82, 2.24) is 25.8 Å². The molecular formula is C34H65FN6O6. The Morgan fingerprint density at radius 3 is 1.94 bits per heavy atom. The Kier molecular flexibility index (Phi) is 45.5. The van der Waals surface area contributed by atoms with Gasteiger partial charge in [0, 0.05) is 62.5 Å². The van der Waals surface area contributed by atoms with Gasteiger partial charge in [-0.15, -0.1) is 0 Å². The van der Waals surface area contributed by atoms with Crippen LogP contribution in [0.3, 0.4) is 0 Å². The van der Waals surface area contributed by atoms with Gasteiger partial charge in [-0.2, -0.15) is 0 Å². The molecule has 274 valence electrons. The van der Waals surface area contributed by atoms with Crippen molar-refractivity contribution in [3.8, 4) is 0 Å². The van der Waals surface area contributed by atoms with Gasteiger partial charge < -0.3 is 46.5 Å². The maximum Gasteiger partial charge on any atom is 0.211 e. The fourth-order valence-electron chi connectivity index (χ4n) is 3.04. The first-order chi connectivity index (χ1) is 22.5. The fraction of sp³-hybridized carbons (Fsp3) is 0.559. The van der Waals surface area contributed by atoms with Crippen molar-refractivity contribution in [2.45, 2.75) is 67.9 Å². The van der Waals surface area contributed by atoms with Crippen LogP contribution in [0.1, 0.15) is 70.5 Å². The molecule has 1 heterocycles. The number of carbonyl (C=O) groups is 3. The molecule has 0 fully saturated rings. The second kappa shape index (κ2) is 40.4. The highest BCUT2D eigenvalue weighted by molar-refractivity contribution is 5.88. The second-order valence-corrected chi connectivity index (χ2v) is 9.20. The molecule has 1 unspecified atom stereocenters. The Bertz CT molecular complexity index is 1020. The maximum absolute atomic E-state index is 13.4. The highest BCUT2D eigenvalue weighted by Gasteiger charge is 2.07. The molecule has 8 N–H and O–H groups in total. The molecule has 1 aromatic heterocycles. The number of halogens is 1. The number of aliphatic hydroxyl groups excluding tert-OH is 3. The van der Waals surface area contributed by atoms with E-state index >= 15 is 0 Å². The van der Waals surface area contributed by atoms with Crippen molar-refractivity contribution in [2.24, 2.45) is 0 Å². The lowest BCUT2D eigenvalue weighted by Gasteiger charge is -2.12. The van der Waals surface area contributed by atoms with Gasteiger partial charge in [-0.1, -0.05) is 13.8 Å². The summed E-state index contributed by atoms with van der Waals surface area (Å²) in [6.07, 6.45) is 4.23. The standard InChI is InChI=1S/C16H17FN2O.C6H14N2O.C4H10O2.C3H7NO.C2H7N.C2H6.CH4O/c1-10(7-16-11(2)6-12(3)19-16)14-8-13(17)4-5-15(14)18-9-20;1-3-8(6-9)5-4-7-2;1-4(6)2-3-5;1-2-4-3-5;1-3-2;2*1-2/h4-9,19H,1-3H3,(H,18,20);6-7H,3-5H2,1-2H3;4-6H,2-3H2,1H3;3H,2H2,1H3,(H,4,5);3H,1-2H3;1-2H3;2H,1H3/b10-7+;;;;;;. The third-order valence-electron chi connectivity index (χ3n) is 5.21. The number of hydrogen-bond donors (Lipinski definition) is 8. The van der Waals surface area contributed by atoms with E-state index in [-0.39, 0.29) is 18.5 Å². The summed E-state index contributed by atoms with van der Waals surface area (Å²) in [6.45, 7) is 18.6. The van der Waals surface area contributed by atoms with Crippen molar-refractivity contribution in [1.29, 1.82) is 0 Å². The molecule has 0 aliphatic carbocycles. The molecule has 0 spiro atoms. The van der Waals surface area contributed by atoms with Gasteiger partial charge in [0.05, 0.1) is 6.10 Å². The zero-order valence-electron chi connectivity index (χ0n) is 30.8. The van der Waals surface area contributed by atoms with Crippen LogP contribution in [0.25, 0.3) is 11.6 Å². The molecule has 0 saturated carbocycles. The van der Waals surface area contributed by atoms with Gasteiger partial charge in [0.1, 0.15) is 5.82 Å². The third kappa shape index (κ3) is 33.6. The highest BCUT2D eigenvalue weighted by atomic mass is 19.1. The average Bonchev–Trinajstić information content (AvgIpc) is 3.38. The average molecular weight is 673 g/mol. The molecule has 0 saturated heterocycles. The molecule has 2 aromatic rings. The molecule has 13 heteroatoms. The first-order valence-electron chi connectivity index (χ1n) is 15.6. The highest BCUT2D eigenvalue weighted by Crippen LogP contribution is 2.27.